The zero-order valence-electron chi connectivity index (χ0n) is 6.49. The van der Waals surface area contributed by atoms with Crippen LogP contribution in [0.5, 0.6) is 0 Å². The summed E-state index contributed by atoms with van der Waals surface area (Å²) in [5.74, 6) is -0.214. The third-order valence-corrected chi connectivity index (χ3v) is 1.59. The maximum absolute atomic E-state index is 10.7. The van der Waals surface area contributed by atoms with E-state index in [1.807, 2.05) is 0 Å². The van der Waals surface area contributed by atoms with Gasteiger partial charge in [-0.1, -0.05) is 13.0 Å². The van der Waals surface area contributed by atoms with Crippen molar-refractivity contribution >= 4 is 5.97 Å². The molecule has 0 aromatic carbocycles. The summed E-state index contributed by atoms with van der Waals surface area (Å²) in [6, 6.07) is 0. The fourth-order valence-corrected chi connectivity index (χ4v) is 0.987. The van der Waals surface area contributed by atoms with Gasteiger partial charge in [0, 0.05) is 12.8 Å². The molecule has 1 aliphatic carbocycles. The van der Waals surface area contributed by atoms with Gasteiger partial charge in [-0.15, -0.1) is 0 Å². The average molecular weight is 156 g/mol. The van der Waals surface area contributed by atoms with Gasteiger partial charge in [-0.3, -0.25) is 4.79 Å². The molecule has 11 heavy (non-hydrogen) atoms. The highest BCUT2D eigenvalue weighted by molar-refractivity contribution is 5.69. The number of hydrogen-bond acceptors (Lipinski definition) is 3. The van der Waals surface area contributed by atoms with Crippen molar-refractivity contribution in [3.05, 3.63) is 12.2 Å². The average Bonchev–Trinajstić information content (AvgIpc) is 2.35. The van der Waals surface area contributed by atoms with E-state index >= 15 is 0 Å². The first-order chi connectivity index (χ1) is 5.22. The van der Waals surface area contributed by atoms with Gasteiger partial charge in [0.25, 0.3) is 0 Å². The Morgan fingerprint density at radius 2 is 2.45 bits per heavy atom. The second kappa shape index (κ2) is 3.53. The Kier molecular flexibility index (Phi) is 2.65. The topological polar surface area (TPSA) is 46.5 Å². The summed E-state index contributed by atoms with van der Waals surface area (Å²) in [5.41, 5.74) is 0. The summed E-state index contributed by atoms with van der Waals surface area (Å²) in [5, 5.41) is 9.01. The van der Waals surface area contributed by atoms with Crippen LogP contribution in [0.25, 0.3) is 0 Å². The summed E-state index contributed by atoms with van der Waals surface area (Å²) in [6.07, 6.45) is 3.61. The number of aliphatic hydroxyl groups is 1. The Morgan fingerprint density at radius 1 is 1.73 bits per heavy atom. The highest BCUT2D eigenvalue weighted by Gasteiger charge is 2.19. The van der Waals surface area contributed by atoms with Crippen LogP contribution >= 0.6 is 0 Å². The van der Waals surface area contributed by atoms with E-state index in [-0.39, 0.29) is 12.1 Å². The standard InChI is InChI=1S/C8H12O3/c1-2-8(10)11-7-4-3-6(9)5-7/h3-4,6-7,9H,2,5H2,1H3/t6-,7+/m1/s1. The Balaban J connectivity index is 2.29. The Morgan fingerprint density at radius 3 is 2.91 bits per heavy atom. The summed E-state index contributed by atoms with van der Waals surface area (Å²) < 4.78 is 4.95. The number of esters is 1. The van der Waals surface area contributed by atoms with Gasteiger partial charge < -0.3 is 9.84 Å². The van der Waals surface area contributed by atoms with Crippen LogP contribution in [0, 0.1) is 0 Å². The lowest BCUT2D eigenvalue weighted by Crippen LogP contribution is -2.15. The summed E-state index contributed by atoms with van der Waals surface area (Å²) in [4.78, 5) is 10.7. The van der Waals surface area contributed by atoms with E-state index in [9.17, 15) is 4.79 Å². The first-order valence-electron chi connectivity index (χ1n) is 3.78. The van der Waals surface area contributed by atoms with Crippen molar-refractivity contribution in [2.45, 2.75) is 32.0 Å². The van der Waals surface area contributed by atoms with E-state index in [4.69, 9.17) is 9.84 Å². The fraction of sp³-hybridized carbons (Fsp3) is 0.625. The normalized spacial score (nSPS) is 28.9. The van der Waals surface area contributed by atoms with E-state index < -0.39 is 6.10 Å². The molecular formula is C8H12O3. The van der Waals surface area contributed by atoms with Crippen LogP contribution in [0.2, 0.25) is 0 Å². The van der Waals surface area contributed by atoms with E-state index in [0.29, 0.717) is 12.8 Å². The van der Waals surface area contributed by atoms with Crippen LogP contribution < -0.4 is 0 Å². The van der Waals surface area contributed by atoms with Gasteiger partial charge >= 0.3 is 5.97 Å². The van der Waals surface area contributed by atoms with Gasteiger partial charge in [-0.05, 0) is 6.08 Å². The zero-order valence-corrected chi connectivity index (χ0v) is 6.49. The van der Waals surface area contributed by atoms with Gasteiger partial charge in [0.15, 0.2) is 0 Å². The van der Waals surface area contributed by atoms with Crippen molar-refractivity contribution in [2.75, 3.05) is 0 Å². The third-order valence-electron chi connectivity index (χ3n) is 1.59. The molecule has 3 nitrogen and oxygen atoms in total. The molecule has 1 N–H and O–H groups in total. The van der Waals surface area contributed by atoms with E-state index in [1.54, 1.807) is 19.1 Å². The number of rotatable bonds is 2. The summed E-state index contributed by atoms with van der Waals surface area (Å²) >= 11 is 0. The quantitative estimate of drug-likeness (QED) is 0.471. The van der Waals surface area contributed by atoms with Crippen LogP contribution in [0.4, 0.5) is 0 Å². The summed E-state index contributed by atoms with van der Waals surface area (Å²) in [7, 11) is 0. The summed E-state index contributed by atoms with van der Waals surface area (Å²) in [6.45, 7) is 1.75. The molecule has 3 heteroatoms. The van der Waals surface area contributed by atoms with Crippen molar-refractivity contribution in [3.63, 3.8) is 0 Å². The molecule has 0 spiro atoms. The van der Waals surface area contributed by atoms with Gasteiger partial charge in [0.2, 0.25) is 0 Å². The van der Waals surface area contributed by atoms with Gasteiger partial charge in [0.1, 0.15) is 6.10 Å². The van der Waals surface area contributed by atoms with Crippen molar-refractivity contribution < 1.29 is 14.6 Å². The monoisotopic (exact) mass is 156 g/mol. The SMILES string of the molecule is CCC(=O)O[C@H]1C=C[C@@H](O)C1. The molecule has 0 aliphatic heterocycles. The highest BCUT2D eigenvalue weighted by atomic mass is 16.5. The first-order valence-corrected chi connectivity index (χ1v) is 3.78. The molecule has 1 aliphatic rings. The van der Waals surface area contributed by atoms with Gasteiger partial charge in [0.05, 0.1) is 6.10 Å². The fourth-order valence-electron chi connectivity index (χ4n) is 0.987. The molecule has 0 fully saturated rings. The molecule has 0 bridgehead atoms. The number of carbonyl (C=O) groups is 1. The van der Waals surface area contributed by atoms with Crippen LogP contribution in [0.1, 0.15) is 19.8 Å². The first kappa shape index (κ1) is 8.27. The number of aliphatic hydroxyl groups excluding tert-OH is 1. The van der Waals surface area contributed by atoms with Crippen LogP contribution in [0.3, 0.4) is 0 Å². The van der Waals surface area contributed by atoms with Crippen LogP contribution in [0.15, 0.2) is 12.2 Å². The third kappa shape index (κ3) is 2.35. The van der Waals surface area contributed by atoms with Crippen LogP contribution in [-0.2, 0) is 9.53 Å². The molecule has 1 rings (SSSR count). The number of hydrogen-bond donors (Lipinski definition) is 1. The minimum atomic E-state index is -0.440. The molecule has 0 aromatic heterocycles. The van der Waals surface area contributed by atoms with Crippen molar-refractivity contribution in [1.29, 1.82) is 0 Å². The molecule has 0 amide bonds. The molecule has 0 unspecified atom stereocenters. The van der Waals surface area contributed by atoms with E-state index in [2.05, 4.69) is 0 Å². The molecule has 0 aromatic rings. The minimum absolute atomic E-state index is 0.211. The molecule has 62 valence electrons. The zero-order chi connectivity index (χ0) is 8.27. The Bertz CT molecular complexity index is 174. The molecule has 0 heterocycles. The lowest BCUT2D eigenvalue weighted by molar-refractivity contribution is -0.146. The van der Waals surface area contributed by atoms with Gasteiger partial charge in [-0.25, -0.2) is 0 Å². The predicted octanol–water partition coefficient (Wildman–Crippen LogP) is 0.629. The largest absolute Gasteiger partial charge is 0.458 e. The lowest BCUT2D eigenvalue weighted by Gasteiger charge is -2.09. The molecule has 0 radical (unpaired) electrons. The van der Waals surface area contributed by atoms with Crippen molar-refractivity contribution in [1.82, 2.24) is 0 Å². The molecular weight excluding hydrogens is 144 g/mol. The second-order valence-corrected chi connectivity index (χ2v) is 2.57. The lowest BCUT2D eigenvalue weighted by atomic mass is 10.3. The van der Waals surface area contributed by atoms with Crippen molar-refractivity contribution in [2.24, 2.45) is 0 Å². The highest BCUT2D eigenvalue weighted by Crippen LogP contribution is 2.14. The minimum Gasteiger partial charge on any atom is -0.458 e. The maximum Gasteiger partial charge on any atom is 0.306 e. The molecule has 2 atom stereocenters. The van der Waals surface area contributed by atoms with E-state index in [1.165, 1.54) is 0 Å². The smallest absolute Gasteiger partial charge is 0.306 e. The Labute approximate surface area is 65.7 Å². The predicted molar refractivity (Wildman–Crippen MR) is 39.9 cm³/mol. The van der Waals surface area contributed by atoms with Crippen molar-refractivity contribution in [3.8, 4) is 0 Å². The van der Waals surface area contributed by atoms with Crippen LogP contribution in [-0.4, -0.2) is 23.3 Å². The number of carbonyl (C=O) groups excluding carboxylic acids is 1. The molecule has 0 saturated heterocycles. The van der Waals surface area contributed by atoms with E-state index in [0.717, 1.165) is 0 Å². The Hall–Kier alpha value is -0.830. The van der Waals surface area contributed by atoms with Gasteiger partial charge in [-0.2, -0.15) is 0 Å². The molecule has 0 saturated carbocycles. The number of ether oxygens (including phenoxy) is 1. The second-order valence-electron chi connectivity index (χ2n) is 2.57. The maximum atomic E-state index is 10.7.